The molecule has 1 heterocycles. The van der Waals surface area contributed by atoms with E-state index in [2.05, 4.69) is 18.7 Å². The van der Waals surface area contributed by atoms with Crippen LogP contribution in [0.25, 0.3) is 0 Å². The Morgan fingerprint density at radius 3 is 3.12 bits per heavy atom. The van der Waals surface area contributed by atoms with Gasteiger partial charge in [-0.2, -0.15) is 0 Å². The lowest BCUT2D eigenvalue weighted by Crippen LogP contribution is -2.10. The maximum Gasteiger partial charge on any atom is 0.122 e. The normalized spacial score (nSPS) is 15.4. The van der Waals surface area contributed by atoms with Gasteiger partial charge in [-0.3, -0.25) is 0 Å². The van der Waals surface area contributed by atoms with Crippen LogP contribution < -0.4 is 10.5 Å². The predicted octanol–water partition coefficient (Wildman–Crippen LogP) is 2.98. The van der Waals surface area contributed by atoms with Crippen molar-refractivity contribution in [3.8, 4) is 5.75 Å². The molecule has 1 aliphatic rings. The average molecular weight is 217 g/mol. The summed E-state index contributed by atoms with van der Waals surface area (Å²) in [5.41, 5.74) is 9.86. The number of nitrogens with two attached hydrogens (primary N) is 1. The monoisotopic (exact) mass is 217 g/mol. The van der Waals surface area contributed by atoms with Gasteiger partial charge in [0.25, 0.3) is 0 Å². The van der Waals surface area contributed by atoms with Gasteiger partial charge in [-0.05, 0) is 37.0 Å². The average Bonchev–Trinajstić information content (AvgIpc) is 2.72. The van der Waals surface area contributed by atoms with Crippen molar-refractivity contribution in [2.45, 2.75) is 32.2 Å². The molecule has 0 aliphatic carbocycles. The molecule has 2 nitrogen and oxygen atoms in total. The third kappa shape index (κ3) is 2.45. The molecule has 1 unspecified atom stereocenters. The molecule has 2 rings (SSSR count). The lowest BCUT2D eigenvalue weighted by atomic mass is 9.98. The van der Waals surface area contributed by atoms with E-state index in [1.807, 2.05) is 13.0 Å². The van der Waals surface area contributed by atoms with Gasteiger partial charge < -0.3 is 10.5 Å². The topological polar surface area (TPSA) is 35.2 Å². The standard InChI is InChI=1S/C14H19NO/c1-10(2)3-5-13(15)11-4-6-14-12(9-11)7-8-16-14/h4,6,9,13H,1,3,5,7-8,15H2,2H3. The highest BCUT2D eigenvalue weighted by Gasteiger charge is 2.14. The molecule has 0 saturated heterocycles. The smallest absolute Gasteiger partial charge is 0.122 e. The fourth-order valence-electron chi connectivity index (χ4n) is 2.01. The molecular formula is C14H19NO. The predicted molar refractivity (Wildman–Crippen MR) is 66.6 cm³/mol. The molecule has 0 radical (unpaired) electrons. The molecular weight excluding hydrogens is 198 g/mol. The summed E-state index contributed by atoms with van der Waals surface area (Å²) in [5.74, 6) is 1.02. The summed E-state index contributed by atoms with van der Waals surface area (Å²) >= 11 is 0. The minimum atomic E-state index is 0.114. The quantitative estimate of drug-likeness (QED) is 0.787. The molecule has 0 saturated carbocycles. The number of rotatable bonds is 4. The number of fused-ring (bicyclic) bond motifs is 1. The van der Waals surface area contributed by atoms with Gasteiger partial charge in [-0.25, -0.2) is 0 Å². The van der Waals surface area contributed by atoms with Crippen molar-refractivity contribution in [1.29, 1.82) is 0 Å². The maximum atomic E-state index is 6.16. The van der Waals surface area contributed by atoms with Crippen molar-refractivity contribution in [2.24, 2.45) is 5.73 Å². The first-order valence-electron chi connectivity index (χ1n) is 5.82. The van der Waals surface area contributed by atoms with Gasteiger partial charge in [0, 0.05) is 12.5 Å². The van der Waals surface area contributed by atoms with E-state index in [-0.39, 0.29) is 6.04 Å². The van der Waals surface area contributed by atoms with E-state index in [0.29, 0.717) is 0 Å². The first kappa shape index (κ1) is 11.2. The second kappa shape index (κ2) is 4.71. The van der Waals surface area contributed by atoms with Gasteiger partial charge in [0.1, 0.15) is 5.75 Å². The molecule has 0 spiro atoms. The Balaban J connectivity index is 2.06. The van der Waals surface area contributed by atoms with Crippen LogP contribution in [0.1, 0.15) is 36.9 Å². The van der Waals surface area contributed by atoms with Crippen molar-refractivity contribution in [3.63, 3.8) is 0 Å². The van der Waals surface area contributed by atoms with E-state index in [9.17, 15) is 0 Å². The van der Waals surface area contributed by atoms with Crippen LogP contribution in [0, 0.1) is 0 Å². The summed E-state index contributed by atoms with van der Waals surface area (Å²) < 4.78 is 5.48. The Morgan fingerprint density at radius 1 is 1.56 bits per heavy atom. The summed E-state index contributed by atoms with van der Waals surface area (Å²) in [6.07, 6.45) is 2.97. The molecule has 16 heavy (non-hydrogen) atoms. The van der Waals surface area contributed by atoms with Gasteiger partial charge in [0.15, 0.2) is 0 Å². The van der Waals surface area contributed by atoms with Crippen LogP contribution in [0.5, 0.6) is 5.75 Å². The first-order chi connectivity index (χ1) is 7.66. The molecule has 0 bridgehead atoms. The molecule has 1 atom stereocenters. The van der Waals surface area contributed by atoms with Crippen LogP contribution in [0.2, 0.25) is 0 Å². The van der Waals surface area contributed by atoms with Crippen molar-refractivity contribution in [2.75, 3.05) is 6.61 Å². The van der Waals surface area contributed by atoms with Crippen LogP contribution in [0.4, 0.5) is 0 Å². The van der Waals surface area contributed by atoms with Crippen LogP contribution in [-0.4, -0.2) is 6.61 Å². The highest BCUT2D eigenvalue weighted by molar-refractivity contribution is 5.40. The Bertz CT molecular complexity index is 398. The second-order valence-electron chi connectivity index (χ2n) is 4.57. The molecule has 1 aliphatic heterocycles. The number of ether oxygens (including phenoxy) is 1. The van der Waals surface area contributed by atoms with Gasteiger partial charge in [0.2, 0.25) is 0 Å². The van der Waals surface area contributed by atoms with Gasteiger partial charge in [0.05, 0.1) is 6.61 Å². The summed E-state index contributed by atoms with van der Waals surface area (Å²) in [4.78, 5) is 0. The third-order valence-electron chi connectivity index (χ3n) is 3.02. The summed E-state index contributed by atoms with van der Waals surface area (Å²) in [6, 6.07) is 6.42. The lowest BCUT2D eigenvalue weighted by Gasteiger charge is -2.13. The number of allylic oxidation sites excluding steroid dienone is 1. The van der Waals surface area contributed by atoms with Gasteiger partial charge in [-0.1, -0.05) is 17.7 Å². The van der Waals surface area contributed by atoms with Crippen LogP contribution >= 0.6 is 0 Å². The fraction of sp³-hybridized carbons (Fsp3) is 0.429. The molecule has 2 N–H and O–H groups in total. The van der Waals surface area contributed by atoms with Crippen LogP contribution in [0.3, 0.4) is 0 Å². The number of hydrogen-bond donors (Lipinski definition) is 1. The molecule has 0 amide bonds. The van der Waals surface area contributed by atoms with Crippen molar-refractivity contribution in [3.05, 3.63) is 41.5 Å². The minimum absolute atomic E-state index is 0.114. The van der Waals surface area contributed by atoms with E-state index < -0.39 is 0 Å². The molecule has 0 fully saturated rings. The van der Waals surface area contributed by atoms with Crippen molar-refractivity contribution >= 4 is 0 Å². The first-order valence-corrected chi connectivity index (χ1v) is 5.82. The van der Waals surface area contributed by atoms with E-state index in [0.717, 1.165) is 31.6 Å². The Morgan fingerprint density at radius 2 is 2.38 bits per heavy atom. The highest BCUT2D eigenvalue weighted by atomic mass is 16.5. The van der Waals surface area contributed by atoms with Gasteiger partial charge >= 0.3 is 0 Å². The minimum Gasteiger partial charge on any atom is -0.493 e. The fourth-order valence-corrected chi connectivity index (χ4v) is 2.01. The Hall–Kier alpha value is -1.28. The van der Waals surface area contributed by atoms with E-state index >= 15 is 0 Å². The van der Waals surface area contributed by atoms with Crippen molar-refractivity contribution in [1.82, 2.24) is 0 Å². The summed E-state index contributed by atoms with van der Waals surface area (Å²) in [7, 11) is 0. The molecule has 1 aromatic rings. The number of benzene rings is 1. The SMILES string of the molecule is C=C(C)CCC(N)c1ccc2c(c1)CCO2. The zero-order chi connectivity index (χ0) is 11.5. The van der Waals surface area contributed by atoms with Gasteiger partial charge in [-0.15, -0.1) is 6.58 Å². The van der Waals surface area contributed by atoms with E-state index in [1.54, 1.807) is 0 Å². The van der Waals surface area contributed by atoms with E-state index in [1.165, 1.54) is 16.7 Å². The molecule has 2 heteroatoms. The summed E-state index contributed by atoms with van der Waals surface area (Å²) in [5, 5.41) is 0. The van der Waals surface area contributed by atoms with Crippen molar-refractivity contribution < 1.29 is 4.74 Å². The van der Waals surface area contributed by atoms with Crippen LogP contribution in [-0.2, 0) is 6.42 Å². The molecule has 0 aromatic heterocycles. The Kier molecular flexibility index (Phi) is 3.30. The lowest BCUT2D eigenvalue weighted by molar-refractivity contribution is 0.357. The second-order valence-corrected chi connectivity index (χ2v) is 4.57. The third-order valence-corrected chi connectivity index (χ3v) is 3.02. The zero-order valence-corrected chi connectivity index (χ0v) is 9.83. The molecule has 86 valence electrons. The Labute approximate surface area is 97.1 Å². The largest absolute Gasteiger partial charge is 0.493 e. The van der Waals surface area contributed by atoms with Crippen LogP contribution in [0.15, 0.2) is 30.4 Å². The maximum absolute atomic E-state index is 6.16. The number of hydrogen-bond acceptors (Lipinski definition) is 2. The zero-order valence-electron chi connectivity index (χ0n) is 9.83. The molecule has 1 aromatic carbocycles. The summed E-state index contributed by atoms with van der Waals surface area (Å²) in [6.45, 7) is 6.75. The highest BCUT2D eigenvalue weighted by Crippen LogP contribution is 2.28. The van der Waals surface area contributed by atoms with E-state index in [4.69, 9.17) is 10.5 Å².